The van der Waals surface area contributed by atoms with E-state index in [4.69, 9.17) is 0 Å². The summed E-state index contributed by atoms with van der Waals surface area (Å²) >= 11 is 1.84. The van der Waals surface area contributed by atoms with Crippen LogP contribution in [0.25, 0.3) is 0 Å². The van der Waals surface area contributed by atoms with Gasteiger partial charge in [0.25, 0.3) is 0 Å². The van der Waals surface area contributed by atoms with Gasteiger partial charge in [0.15, 0.2) is 5.17 Å². The third-order valence-corrected chi connectivity index (χ3v) is 3.73. The molecule has 0 aliphatic carbocycles. The van der Waals surface area contributed by atoms with Crippen LogP contribution in [-0.2, 0) is 6.54 Å². The number of nitrogens with zero attached hydrogens (tertiary/aromatic N) is 3. The van der Waals surface area contributed by atoms with Crippen molar-refractivity contribution in [3.05, 3.63) is 18.5 Å². The predicted octanol–water partition coefficient (Wildman–Crippen LogP) is 1.60. The standard InChI is InChI=1S/C11H18N4S/c1-10-8-13-11(16-9-10)12-4-2-6-15-7-3-5-14-15/h3,5,7,10H,2,4,6,8-9H2,1H3,(H,12,13). The van der Waals surface area contributed by atoms with E-state index in [1.807, 2.05) is 34.9 Å². The maximum Gasteiger partial charge on any atom is 0.156 e. The summed E-state index contributed by atoms with van der Waals surface area (Å²) < 4.78 is 1.96. The Morgan fingerprint density at radius 3 is 3.25 bits per heavy atom. The molecule has 0 spiro atoms. The Morgan fingerprint density at radius 1 is 1.62 bits per heavy atom. The van der Waals surface area contributed by atoms with Gasteiger partial charge in [-0.15, -0.1) is 0 Å². The molecule has 0 bridgehead atoms. The Labute approximate surface area is 101 Å². The number of nitrogens with one attached hydrogen (secondary N) is 1. The summed E-state index contributed by atoms with van der Waals surface area (Å²) in [4.78, 5) is 4.49. The van der Waals surface area contributed by atoms with Crippen molar-refractivity contribution in [3.8, 4) is 0 Å². The maximum absolute atomic E-state index is 4.49. The molecule has 88 valence electrons. The molecule has 2 heterocycles. The molecule has 1 aliphatic rings. The fourth-order valence-corrected chi connectivity index (χ4v) is 2.45. The summed E-state index contributed by atoms with van der Waals surface area (Å²) in [7, 11) is 0. The molecular formula is C11H18N4S. The largest absolute Gasteiger partial charge is 0.365 e. The van der Waals surface area contributed by atoms with Crippen molar-refractivity contribution in [2.75, 3.05) is 18.8 Å². The van der Waals surface area contributed by atoms with Gasteiger partial charge in [0.1, 0.15) is 0 Å². The van der Waals surface area contributed by atoms with E-state index in [0.29, 0.717) is 0 Å². The number of aryl methyl sites for hydroxylation is 1. The Morgan fingerprint density at radius 2 is 2.56 bits per heavy atom. The molecule has 2 rings (SSSR count). The van der Waals surface area contributed by atoms with Gasteiger partial charge >= 0.3 is 0 Å². The first kappa shape index (κ1) is 11.5. The lowest BCUT2D eigenvalue weighted by Gasteiger charge is -2.17. The zero-order valence-electron chi connectivity index (χ0n) is 9.59. The molecule has 0 fully saturated rings. The zero-order chi connectivity index (χ0) is 11.2. The minimum Gasteiger partial charge on any atom is -0.365 e. The van der Waals surface area contributed by atoms with Crippen molar-refractivity contribution in [3.63, 3.8) is 0 Å². The number of hydrogen-bond donors (Lipinski definition) is 1. The van der Waals surface area contributed by atoms with E-state index < -0.39 is 0 Å². The molecule has 0 amide bonds. The molecule has 0 radical (unpaired) electrons. The van der Waals surface area contributed by atoms with Crippen LogP contribution in [0, 0.1) is 5.92 Å². The van der Waals surface area contributed by atoms with E-state index in [0.717, 1.165) is 37.1 Å². The van der Waals surface area contributed by atoms with Gasteiger partial charge in [-0.3, -0.25) is 9.67 Å². The minimum atomic E-state index is 0.722. The van der Waals surface area contributed by atoms with Crippen molar-refractivity contribution < 1.29 is 0 Å². The molecule has 0 saturated carbocycles. The van der Waals surface area contributed by atoms with Crippen molar-refractivity contribution in [2.45, 2.75) is 19.9 Å². The summed E-state index contributed by atoms with van der Waals surface area (Å²) in [6.07, 6.45) is 4.89. The number of rotatable bonds is 4. The van der Waals surface area contributed by atoms with E-state index in [1.54, 1.807) is 0 Å². The average Bonchev–Trinajstić information content (AvgIpc) is 2.80. The summed E-state index contributed by atoms with van der Waals surface area (Å²) in [5.41, 5.74) is 0. The second-order valence-corrected chi connectivity index (χ2v) is 5.12. The van der Waals surface area contributed by atoms with Crippen LogP contribution in [0.3, 0.4) is 0 Å². The Bertz CT molecular complexity index is 334. The second-order valence-electron chi connectivity index (χ2n) is 4.11. The fraction of sp³-hybridized carbons (Fsp3) is 0.636. The SMILES string of the molecule is CC1CN=C(NCCCn2cccn2)SC1. The van der Waals surface area contributed by atoms with E-state index in [1.165, 1.54) is 5.75 Å². The summed E-state index contributed by atoms with van der Waals surface area (Å²) in [6.45, 7) is 5.15. The van der Waals surface area contributed by atoms with Gasteiger partial charge in [-0.2, -0.15) is 5.10 Å². The lowest BCUT2D eigenvalue weighted by atomic mass is 10.2. The smallest absolute Gasteiger partial charge is 0.156 e. The van der Waals surface area contributed by atoms with Crippen LogP contribution in [0.15, 0.2) is 23.5 Å². The quantitative estimate of drug-likeness (QED) is 0.810. The van der Waals surface area contributed by atoms with E-state index in [2.05, 4.69) is 22.3 Å². The van der Waals surface area contributed by atoms with E-state index >= 15 is 0 Å². The highest BCUT2D eigenvalue weighted by Gasteiger charge is 2.10. The normalized spacial score (nSPS) is 20.6. The maximum atomic E-state index is 4.49. The summed E-state index contributed by atoms with van der Waals surface area (Å²) in [5.74, 6) is 1.91. The highest BCUT2D eigenvalue weighted by Crippen LogP contribution is 2.15. The third-order valence-electron chi connectivity index (χ3n) is 2.45. The molecule has 1 aliphatic heterocycles. The number of amidine groups is 1. The molecule has 0 aromatic carbocycles. The molecule has 16 heavy (non-hydrogen) atoms. The second kappa shape index (κ2) is 5.94. The molecule has 1 unspecified atom stereocenters. The van der Waals surface area contributed by atoms with Crippen LogP contribution in [0.2, 0.25) is 0 Å². The molecule has 0 saturated heterocycles. The Hall–Kier alpha value is -0.970. The topological polar surface area (TPSA) is 42.2 Å². The van der Waals surface area contributed by atoms with Gasteiger partial charge in [-0.05, 0) is 18.4 Å². The minimum absolute atomic E-state index is 0.722. The molecule has 1 atom stereocenters. The molecule has 1 N–H and O–H groups in total. The van der Waals surface area contributed by atoms with E-state index in [-0.39, 0.29) is 0 Å². The number of thioether (sulfide) groups is 1. The number of aliphatic imine (C=N–C) groups is 1. The van der Waals surface area contributed by atoms with Crippen LogP contribution in [0.1, 0.15) is 13.3 Å². The van der Waals surface area contributed by atoms with Crippen molar-refractivity contribution in [2.24, 2.45) is 10.9 Å². The van der Waals surface area contributed by atoms with Crippen LogP contribution in [0.4, 0.5) is 0 Å². The monoisotopic (exact) mass is 238 g/mol. The highest BCUT2D eigenvalue weighted by atomic mass is 32.2. The molecule has 1 aromatic rings. The third kappa shape index (κ3) is 3.56. The number of hydrogen-bond acceptors (Lipinski definition) is 4. The summed E-state index contributed by atoms with van der Waals surface area (Å²) in [6, 6.07) is 1.95. The highest BCUT2D eigenvalue weighted by molar-refractivity contribution is 8.13. The van der Waals surface area contributed by atoms with Gasteiger partial charge < -0.3 is 5.32 Å². The Balaban J connectivity index is 1.61. The average molecular weight is 238 g/mol. The first-order valence-electron chi connectivity index (χ1n) is 5.73. The van der Waals surface area contributed by atoms with Gasteiger partial charge in [0, 0.05) is 37.8 Å². The van der Waals surface area contributed by atoms with Crippen molar-refractivity contribution in [1.29, 1.82) is 0 Å². The number of aromatic nitrogens is 2. The first-order chi connectivity index (χ1) is 7.84. The van der Waals surface area contributed by atoms with Gasteiger partial charge in [0.2, 0.25) is 0 Å². The summed E-state index contributed by atoms with van der Waals surface area (Å²) in [5, 5.41) is 8.65. The van der Waals surface area contributed by atoms with Crippen molar-refractivity contribution >= 4 is 16.9 Å². The lowest BCUT2D eigenvalue weighted by molar-refractivity contribution is 0.573. The van der Waals surface area contributed by atoms with Crippen molar-refractivity contribution in [1.82, 2.24) is 15.1 Å². The molecule has 1 aromatic heterocycles. The Kier molecular flexibility index (Phi) is 4.27. The van der Waals surface area contributed by atoms with Gasteiger partial charge in [-0.1, -0.05) is 18.7 Å². The molecular weight excluding hydrogens is 220 g/mol. The first-order valence-corrected chi connectivity index (χ1v) is 6.71. The van der Waals surface area contributed by atoms with Gasteiger partial charge in [-0.25, -0.2) is 0 Å². The molecule has 4 nitrogen and oxygen atoms in total. The fourth-order valence-electron chi connectivity index (χ4n) is 1.53. The zero-order valence-corrected chi connectivity index (χ0v) is 10.4. The molecule has 5 heteroatoms. The van der Waals surface area contributed by atoms with Crippen LogP contribution in [0.5, 0.6) is 0 Å². The van der Waals surface area contributed by atoms with Gasteiger partial charge in [0.05, 0.1) is 0 Å². The van der Waals surface area contributed by atoms with Crippen LogP contribution in [-0.4, -0.2) is 33.8 Å². The predicted molar refractivity (Wildman–Crippen MR) is 68.8 cm³/mol. The van der Waals surface area contributed by atoms with E-state index in [9.17, 15) is 0 Å². The van der Waals surface area contributed by atoms with Crippen LogP contribution < -0.4 is 5.32 Å². The lowest BCUT2D eigenvalue weighted by Crippen LogP contribution is -2.27. The van der Waals surface area contributed by atoms with Crippen LogP contribution >= 0.6 is 11.8 Å².